The summed E-state index contributed by atoms with van der Waals surface area (Å²) < 4.78 is 6.67. The molecule has 0 aliphatic heterocycles. The molecule has 0 spiro atoms. The summed E-state index contributed by atoms with van der Waals surface area (Å²) in [5, 5.41) is 0. The van der Waals surface area contributed by atoms with Crippen LogP contribution in [0.25, 0.3) is 0 Å². The van der Waals surface area contributed by atoms with Gasteiger partial charge in [-0.2, -0.15) is 0 Å². The Bertz CT molecular complexity index is 342. The fourth-order valence-corrected chi connectivity index (χ4v) is 2.24. The monoisotopic (exact) mass is 299 g/mol. The Kier molecular flexibility index (Phi) is 5.83. The third-order valence-corrected chi connectivity index (χ3v) is 3.61. The summed E-state index contributed by atoms with van der Waals surface area (Å²) in [6, 6.07) is 4.14. The standard InChI is InChI=1S/C14H22BrNO/c1-4-6-7-17-14-12(15)8-11(9-13(14)16)10(3)5-2/h8-10H,4-7,16H2,1-3H3. The fourth-order valence-electron chi connectivity index (χ4n) is 1.63. The third-order valence-electron chi connectivity index (χ3n) is 3.02. The number of hydrogen-bond donors (Lipinski definition) is 1. The summed E-state index contributed by atoms with van der Waals surface area (Å²) in [6.07, 6.45) is 3.30. The van der Waals surface area contributed by atoms with Crippen molar-refractivity contribution in [2.24, 2.45) is 0 Å². The van der Waals surface area contributed by atoms with Crippen LogP contribution in [-0.4, -0.2) is 6.61 Å². The highest BCUT2D eigenvalue weighted by Crippen LogP contribution is 2.35. The predicted octanol–water partition coefficient (Wildman–Crippen LogP) is 4.72. The zero-order chi connectivity index (χ0) is 12.8. The van der Waals surface area contributed by atoms with Crippen molar-refractivity contribution < 1.29 is 4.74 Å². The van der Waals surface area contributed by atoms with E-state index in [1.165, 1.54) is 5.56 Å². The molecule has 2 N–H and O–H groups in total. The highest BCUT2D eigenvalue weighted by Gasteiger charge is 2.11. The molecule has 0 radical (unpaired) electrons. The molecule has 0 saturated heterocycles. The minimum absolute atomic E-state index is 0.526. The van der Waals surface area contributed by atoms with Gasteiger partial charge in [0.05, 0.1) is 16.8 Å². The summed E-state index contributed by atoms with van der Waals surface area (Å²) >= 11 is 3.54. The van der Waals surface area contributed by atoms with Gasteiger partial charge in [-0.05, 0) is 52.4 Å². The van der Waals surface area contributed by atoms with Crippen molar-refractivity contribution >= 4 is 21.6 Å². The van der Waals surface area contributed by atoms with E-state index in [-0.39, 0.29) is 0 Å². The van der Waals surface area contributed by atoms with Gasteiger partial charge in [0.1, 0.15) is 0 Å². The largest absolute Gasteiger partial charge is 0.490 e. The first-order valence-corrected chi connectivity index (χ1v) is 7.11. The molecular formula is C14H22BrNO. The van der Waals surface area contributed by atoms with Crippen molar-refractivity contribution in [3.63, 3.8) is 0 Å². The van der Waals surface area contributed by atoms with Crippen molar-refractivity contribution in [1.29, 1.82) is 0 Å². The van der Waals surface area contributed by atoms with Gasteiger partial charge in [-0.1, -0.05) is 27.2 Å². The van der Waals surface area contributed by atoms with E-state index in [1.807, 2.05) is 6.07 Å². The predicted molar refractivity (Wildman–Crippen MR) is 77.7 cm³/mol. The molecule has 1 rings (SSSR count). The molecule has 2 nitrogen and oxygen atoms in total. The molecule has 1 aromatic carbocycles. The summed E-state index contributed by atoms with van der Waals surface area (Å²) in [4.78, 5) is 0. The Balaban J connectivity index is 2.86. The molecule has 0 heterocycles. The molecule has 0 aromatic heterocycles. The molecule has 3 heteroatoms. The highest BCUT2D eigenvalue weighted by atomic mass is 79.9. The summed E-state index contributed by atoms with van der Waals surface area (Å²) in [5.74, 6) is 1.31. The number of unbranched alkanes of at least 4 members (excludes halogenated alkanes) is 1. The number of hydrogen-bond acceptors (Lipinski definition) is 2. The van der Waals surface area contributed by atoms with E-state index in [2.05, 4.69) is 42.8 Å². The Morgan fingerprint density at radius 2 is 2.06 bits per heavy atom. The second-order valence-corrected chi connectivity index (χ2v) is 5.29. The average molecular weight is 300 g/mol. The van der Waals surface area contributed by atoms with E-state index in [4.69, 9.17) is 10.5 Å². The Labute approximate surface area is 113 Å². The van der Waals surface area contributed by atoms with Gasteiger partial charge in [-0.15, -0.1) is 0 Å². The van der Waals surface area contributed by atoms with Gasteiger partial charge >= 0.3 is 0 Å². The van der Waals surface area contributed by atoms with Crippen LogP contribution in [0.5, 0.6) is 5.75 Å². The van der Waals surface area contributed by atoms with Crippen LogP contribution in [-0.2, 0) is 0 Å². The van der Waals surface area contributed by atoms with Crippen molar-refractivity contribution in [2.45, 2.75) is 46.0 Å². The van der Waals surface area contributed by atoms with Crippen molar-refractivity contribution in [2.75, 3.05) is 12.3 Å². The molecule has 0 aliphatic carbocycles. The van der Waals surface area contributed by atoms with E-state index >= 15 is 0 Å². The van der Waals surface area contributed by atoms with E-state index in [0.717, 1.165) is 41.8 Å². The maximum Gasteiger partial charge on any atom is 0.156 e. The maximum absolute atomic E-state index is 6.04. The Morgan fingerprint density at radius 3 is 2.59 bits per heavy atom. The van der Waals surface area contributed by atoms with Crippen molar-refractivity contribution in [3.05, 3.63) is 22.2 Å². The van der Waals surface area contributed by atoms with E-state index in [9.17, 15) is 0 Å². The average Bonchev–Trinajstić information content (AvgIpc) is 2.31. The Morgan fingerprint density at radius 1 is 1.35 bits per heavy atom. The number of nitrogens with two attached hydrogens (primary N) is 1. The van der Waals surface area contributed by atoms with Gasteiger partial charge < -0.3 is 10.5 Å². The zero-order valence-corrected chi connectivity index (χ0v) is 12.5. The van der Waals surface area contributed by atoms with Crippen LogP contribution in [0.2, 0.25) is 0 Å². The molecule has 0 bridgehead atoms. The lowest BCUT2D eigenvalue weighted by molar-refractivity contribution is 0.309. The third kappa shape index (κ3) is 3.91. The minimum Gasteiger partial charge on any atom is -0.490 e. The highest BCUT2D eigenvalue weighted by molar-refractivity contribution is 9.10. The SMILES string of the molecule is CCCCOc1c(N)cc(C(C)CC)cc1Br. The van der Waals surface area contributed by atoms with E-state index in [0.29, 0.717) is 5.92 Å². The van der Waals surface area contributed by atoms with Crippen LogP contribution in [0.1, 0.15) is 51.5 Å². The number of rotatable bonds is 6. The number of nitrogen functional groups attached to an aromatic ring is 1. The lowest BCUT2D eigenvalue weighted by atomic mass is 9.98. The van der Waals surface area contributed by atoms with Crippen LogP contribution in [0.3, 0.4) is 0 Å². The first-order chi connectivity index (χ1) is 8.10. The van der Waals surface area contributed by atoms with E-state index < -0.39 is 0 Å². The molecule has 1 atom stereocenters. The number of anilines is 1. The zero-order valence-electron chi connectivity index (χ0n) is 10.9. The molecule has 0 fully saturated rings. The lowest BCUT2D eigenvalue weighted by Crippen LogP contribution is -2.02. The summed E-state index contributed by atoms with van der Waals surface area (Å²) in [5.41, 5.74) is 8.03. The van der Waals surface area contributed by atoms with Gasteiger partial charge in [0.25, 0.3) is 0 Å². The molecular weight excluding hydrogens is 278 g/mol. The first-order valence-electron chi connectivity index (χ1n) is 6.31. The summed E-state index contributed by atoms with van der Waals surface area (Å²) in [7, 11) is 0. The summed E-state index contributed by atoms with van der Waals surface area (Å²) in [6.45, 7) is 7.26. The number of halogens is 1. The fraction of sp³-hybridized carbons (Fsp3) is 0.571. The van der Waals surface area contributed by atoms with Gasteiger partial charge in [-0.3, -0.25) is 0 Å². The van der Waals surface area contributed by atoms with Crippen molar-refractivity contribution in [3.8, 4) is 5.75 Å². The topological polar surface area (TPSA) is 35.2 Å². The molecule has 96 valence electrons. The number of ether oxygens (including phenoxy) is 1. The second kappa shape index (κ2) is 6.90. The van der Waals surface area contributed by atoms with E-state index in [1.54, 1.807) is 0 Å². The second-order valence-electron chi connectivity index (χ2n) is 4.43. The van der Waals surface area contributed by atoms with Crippen molar-refractivity contribution in [1.82, 2.24) is 0 Å². The normalized spacial score (nSPS) is 12.5. The maximum atomic E-state index is 6.04. The molecule has 0 saturated carbocycles. The quantitative estimate of drug-likeness (QED) is 0.609. The molecule has 1 unspecified atom stereocenters. The van der Waals surface area contributed by atoms with Crippen LogP contribution in [0, 0.1) is 0 Å². The van der Waals surface area contributed by atoms with Gasteiger partial charge in [0.2, 0.25) is 0 Å². The van der Waals surface area contributed by atoms with Crippen LogP contribution >= 0.6 is 15.9 Å². The molecule has 0 aliphatic rings. The van der Waals surface area contributed by atoms with Gasteiger partial charge in [-0.25, -0.2) is 0 Å². The minimum atomic E-state index is 0.526. The smallest absolute Gasteiger partial charge is 0.156 e. The van der Waals surface area contributed by atoms with Gasteiger partial charge in [0, 0.05) is 0 Å². The molecule has 0 amide bonds. The van der Waals surface area contributed by atoms with Crippen LogP contribution < -0.4 is 10.5 Å². The van der Waals surface area contributed by atoms with Gasteiger partial charge in [0.15, 0.2) is 5.75 Å². The lowest BCUT2D eigenvalue weighted by Gasteiger charge is -2.15. The van der Waals surface area contributed by atoms with Crippen LogP contribution in [0.15, 0.2) is 16.6 Å². The molecule has 17 heavy (non-hydrogen) atoms. The first kappa shape index (κ1) is 14.4. The van der Waals surface area contributed by atoms with Crippen LogP contribution in [0.4, 0.5) is 5.69 Å². The number of benzene rings is 1. The molecule has 1 aromatic rings. The Hall–Kier alpha value is -0.700.